The van der Waals surface area contributed by atoms with Gasteiger partial charge in [0, 0.05) is 26.7 Å². The monoisotopic (exact) mass is 502 g/mol. The molecule has 2 bridgehead atoms. The van der Waals surface area contributed by atoms with Crippen molar-refractivity contribution in [1.82, 2.24) is 0 Å². The normalized spacial score (nSPS) is 38.5. The first kappa shape index (κ1) is 26.6. The Balaban J connectivity index is 1.87. The van der Waals surface area contributed by atoms with Crippen LogP contribution in [0.2, 0.25) is 0 Å². The molecular formula is C28H38O8. The molecule has 4 rings (SSSR count). The van der Waals surface area contributed by atoms with Gasteiger partial charge < -0.3 is 23.7 Å². The van der Waals surface area contributed by atoms with E-state index in [4.69, 9.17) is 23.7 Å². The average molecular weight is 503 g/mol. The minimum Gasteiger partial charge on any atom is -0.459 e. The van der Waals surface area contributed by atoms with Gasteiger partial charge in [0.05, 0.1) is 23.7 Å². The molecule has 2 unspecified atom stereocenters. The van der Waals surface area contributed by atoms with Crippen molar-refractivity contribution in [2.24, 2.45) is 17.3 Å². The van der Waals surface area contributed by atoms with Crippen molar-refractivity contribution in [2.75, 3.05) is 0 Å². The Morgan fingerprint density at radius 2 is 1.47 bits per heavy atom. The lowest BCUT2D eigenvalue weighted by Crippen LogP contribution is -2.76. The van der Waals surface area contributed by atoms with Crippen molar-refractivity contribution in [2.45, 2.75) is 104 Å². The zero-order valence-corrected chi connectivity index (χ0v) is 22.2. The first-order valence-electron chi connectivity index (χ1n) is 12.7. The van der Waals surface area contributed by atoms with E-state index >= 15 is 0 Å². The highest BCUT2D eigenvalue weighted by atomic mass is 16.6. The number of hydrogen-bond acceptors (Lipinski definition) is 8. The number of hydrogen-bond donors (Lipinski definition) is 0. The molecule has 8 heteroatoms. The third kappa shape index (κ3) is 4.22. The van der Waals surface area contributed by atoms with Crippen LogP contribution < -0.4 is 0 Å². The topological polar surface area (TPSA) is 97.4 Å². The van der Waals surface area contributed by atoms with Gasteiger partial charge in [-0.25, -0.2) is 0 Å². The molecule has 1 aliphatic heterocycles. The maximum atomic E-state index is 12.4. The fourth-order valence-electron chi connectivity index (χ4n) is 7.20. The summed E-state index contributed by atoms with van der Waals surface area (Å²) in [6, 6.07) is 9.84. The third-order valence-corrected chi connectivity index (χ3v) is 8.54. The van der Waals surface area contributed by atoms with Crippen LogP contribution in [0.4, 0.5) is 0 Å². The maximum absolute atomic E-state index is 12.4. The van der Waals surface area contributed by atoms with Crippen molar-refractivity contribution in [3.8, 4) is 0 Å². The van der Waals surface area contributed by atoms with Crippen molar-refractivity contribution >= 4 is 17.9 Å². The number of rotatable bonds is 6. The zero-order valence-electron chi connectivity index (χ0n) is 22.2. The molecular weight excluding hydrogens is 464 g/mol. The quantitative estimate of drug-likeness (QED) is 0.426. The number of fused-ring (bicyclic) bond motifs is 1. The summed E-state index contributed by atoms with van der Waals surface area (Å²) in [6.45, 7) is 12.4. The van der Waals surface area contributed by atoms with Crippen LogP contribution in [-0.4, -0.2) is 53.5 Å². The second-order valence-corrected chi connectivity index (χ2v) is 11.3. The molecule has 36 heavy (non-hydrogen) atoms. The number of ether oxygens (including phenoxy) is 5. The molecule has 8 atom stereocenters. The SMILES string of the molecule is CC(=O)O[C@H]1C[C@@H](C)C23OC(C)(C)C(C[C@H](OCc4ccccc4)[C@]2(C)[C@H]1OC(C)=O)[C@H]3OC(C)=O. The molecule has 3 aliphatic rings. The van der Waals surface area contributed by atoms with Crippen LogP contribution in [0.3, 0.4) is 0 Å². The minimum absolute atomic E-state index is 0.138. The summed E-state index contributed by atoms with van der Waals surface area (Å²) in [5.41, 5.74) is -1.64. The van der Waals surface area contributed by atoms with Crippen LogP contribution in [0.1, 0.15) is 66.9 Å². The summed E-state index contributed by atoms with van der Waals surface area (Å²) < 4.78 is 31.3. The highest BCUT2D eigenvalue weighted by Crippen LogP contribution is 2.67. The van der Waals surface area contributed by atoms with Crippen molar-refractivity contribution in [3.05, 3.63) is 35.9 Å². The fraction of sp³-hybridized carbons (Fsp3) is 0.679. The first-order chi connectivity index (χ1) is 16.8. The van der Waals surface area contributed by atoms with E-state index in [-0.39, 0.29) is 11.8 Å². The number of benzene rings is 1. The number of carbonyl (C=O) groups is 3. The predicted molar refractivity (Wildman–Crippen MR) is 130 cm³/mol. The minimum atomic E-state index is -1.02. The number of carbonyl (C=O) groups excluding carboxylic acids is 3. The first-order valence-corrected chi connectivity index (χ1v) is 12.7. The van der Waals surface area contributed by atoms with Gasteiger partial charge in [-0.05, 0) is 38.2 Å². The summed E-state index contributed by atoms with van der Waals surface area (Å²) in [7, 11) is 0. The van der Waals surface area contributed by atoms with E-state index in [1.165, 1.54) is 20.8 Å². The summed E-state index contributed by atoms with van der Waals surface area (Å²) >= 11 is 0. The van der Waals surface area contributed by atoms with E-state index in [0.29, 0.717) is 19.4 Å². The molecule has 1 aromatic carbocycles. The van der Waals surface area contributed by atoms with Crippen LogP contribution in [0, 0.1) is 17.3 Å². The Bertz CT molecular complexity index is 1010. The van der Waals surface area contributed by atoms with Gasteiger partial charge in [0.15, 0.2) is 0 Å². The van der Waals surface area contributed by atoms with Crippen molar-refractivity contribution in [3.63, 3.8) is 0 Å². The lowest BCUT2D eigenvalue weighted by molar-refractivity contribution is -0.311. The summed E-state index contributed by atoms with van der Waals surface area (Å²) in [6.07, 6.45) is -1.64. The highest BCUT2D eigenvalue weighted by Gasteiger charge is 2.80. The van der Waals surface area contributed by atoms with Gasteiger partial charge in [-0.3, -0.25) is 14.4 Å². The Morgan fingerprint density at radius 3 is 2.06 bits per heavy atom. The van der Waals surface area contributed by atoms with Crippen LogP contribution in [0.15, 0.2) is 30.3 Å². The van der Waals surface area contributed by atoms with E-state index in [1.54, 1.807) is 0 Å². The zero-order chi connectivity index (χ0) is 26.5. The van der Waals surface area contributed by atoms with Crippen molar-refractivity contribution < 1.29 is 38.1 Å². The molecule has 0 aromatic heterocycles. The van der Waals surface area contributed by atoms with Gasteiger partial charge >= 0.3 is 17.9 Å². The molecule has 2 saturated carbocycles. The van der Waals surface area contributed by atoms with E-state index in [9.17, 15) is 14.4 Å². The van der Waals surface area contributed by atoms with Crippen LogP contribution >= 0.6 is 0 Å². The molecule has 1 aromatic rings. The molecule has 0 amide bonds. The van der Waals surface area contributed by atoms with Crippen LogP contribution in [0.5, 0.6) is 0 Å². The standard InChI is InChI=1S/C28H38O8/c1-16-13-22(33-17(2)29)25(35-19(4)31)27(7)23(32-15-20-11-9-8-10-12-20)14-21-24(34-18(3)30)28(16,27)36-26(21,5)6/h8-12,16,21-25H,13-15H2,1-7H3/t16-,21?,22+,23+,24-,25+,27-,28?/m1/s1. The Labute approximate surface area is 212 Å². The molecule has 3 fully saturated rings. The lowest BCUT2D eigenvalue weighted by atomic mass is 9.48. The van der Waals surface area contributed by atoms with E-state index in [1.807, 2.05) is 58.0 Å². The van der Waals surface area contributed by atoms with Crippen molar-refractivity contribution in [1.29, 1.82) is 0 Å². The second-order valence-electron chi connectivity index (χ2n) is 11.3. The Kier molecular flexibility index (Phi) is 6.99. The van der Waals surface area contributed by atoms with E-state index < -0.39 is 58.9 Å². The van der Waals surface area contributed by atoms with Crippen LogP contribution in [-0.2, 0) is 44.7 Å². The molecule has 1 saturated heterocycles. The van der Waals surface area contributed by atoms with Gasteiger partial charge in [0.2, 0.25) is 0 Å². The smallest absolute Gasteiger partial charge is 0.303 e. The van der Waals surface area contributed by atoms with Gasteiger partial charge in [-0.15, -0.1) is 0 Å². The average Bonchev–Trinajstić information content (AvgIpc) is 2.94. The summed E-state index contributed by atoms with van der Waals surface area (Å²) in [5, 5.41) is 0. The molecule has 1 heterocycles. The molecule has 0 radical (unpaired) electrons. The Morgan fingerprint density at radius 1 is 0.889 bits per heavy atom. The summed E-state index contributed by atoms with van der Waals surface area (Å²) in [4.78, 5) is 36.8. The van der Waals surface area contributed by atoms with Gasteiger partial charge in [-0.2, -0.15) is 0 Å². The third-order valence-electron chi connectivity index (χ3n) is 8.54. The largest absolute Gasteiger partial charge is 0.459 e. The molecule has 2 aliphatic carbocycles. The lowest BCUT2D eigenvalue weighted by Gasteiger charge is -2.63. The van der Waals surface area contributed by atoms with Gasteiger partial charge in [0.1, 0.15) is 23.9 Å². The van der Waals surface area contributed by atoms with Gasteiger partial charge in [0.25, 0.3) is 0 Å². The number of esters is 3. The van der Waals surface area contributed by atoms with E-state index in [2.05, 4.69) is 0 Å². The molecule has 198 valence electrons. The molecule has 0 N–H and O–H groups in total. The molecule has 1 spiro atoms. The summed E-state index contributed by atoms with van der Waals surface area (Å²) in [5.74, 6) is -1.68. The van der Waals surface area contributed by atoms with E-state index in [0.717, 1.165) is 5.56 Å². The second kappa shape index (κ2) is 9.45. The fourth-order valence-corrected chi connectivity index (χ4v) is 7.20. The van der Waals surface area contributed by atoms with Crippen LogP contribution in [0.25, 0.3) is 0 Å². The highest BCUT2D eigenvalue weighted by molar-refractivity contribution is 5.68. The maximum Gasteiger partial charge on any atom is 0.303 e. The Hall–Kier alpha value is -2.45. The predicted octanol–water partition coefficient (Wildman–Crippen LogP) is 3.98. The molecule has 8 nitrogen and oxygen atoms in total. The van der Waals surface area contributed by atoms with Gasteiger partial charge in [-0.1, -0.05) is 44.2 Å².